The van der Waals surface area contributed by atoms with Crippen LogP contribution in [0.4, 0.5) is 11.4 Å². The fourth-order valence-electron chi connectivity index (χ4n) is 2.96. The quantitative estimate of drug-likeness (QED) is 0.850. The van der Waals surface area contributed by atoms with E-state index >= 15 is 0 Å². The van der Waals surface area contributed by atoms with Gasteiger partial charge in [0.25, 0.3) is 0 Å². The van der Waals surface area contributed by atoms with E-state index in [9.17, 15) is 9.59 Å². The number of rotatable bonds is 3. The molecule has 0 aliphatic carbocycles. The first-order valence-electron chi connectivity index (χ1n) is 7.99. The van der Waals surface area contributed by atoms with Crippen molar-refractivity contribution in [3.05, 3.63) is 57.6 Å². The molecule has 1 aliphatic rings. The Hall–Kier alpha value is -2.04. The lowest BCUT2D eigenvalue weighted by atomic mass is 10.1. The van der Waals surface area contributed by atoms with Crippen LogP contribution < -0.4 is 10.2 Å². The monoisotopic (exact) mass is 376 g/mol. The molecule has 1 atom stereocenters. The molecule has 1 saturated heterocycles. The molecule has 1 unspecified atom stereocenters. The highest BCUT2D eigenvalue weighted by atomic mass is 35.5. The number of carbonyl (C=O) groups is 2. The van der Waals surface area contributed by atoms with Crippen molar-refractivity contribution in [3.8, 4) is 0 Å². The van der Waals surface area contributed by atoms with E-state index in [0.29, 0.717) is 22.3 Å². The second-order valence-electron chi connectivity index (χ2n) is 6.24. The number of amides is 2. The molecule has 2 amide bonds. The summed E-state index contributed by atoms with van der Waals surface area (Å²) in [7, 11) is 0. The first kappa shape index (κ1) is 17.8. The molecule has 2 aromatic rings. The number of nitrogens with zero attached hydrogens (tertiary/aromatic N) is 1. The zero-order valence-corrected chi connectivity index (χ0v) is 15.5. The molecule has 0 saturated carbocycles. The molecule has 6 heteroatoms. The summed E-state index contributed by atoms with van der Waals surface area (Å²) in [6.45, 7) is 4.37. The molecule has 2 aromatic carbocycles. The SMILES string of the molecule is Cc1cccc(N2CC(C(=O)Nc3ccc(Cl)c(Cl)c3)CC2=O)c1C. The van der Waals surface area contributed by atoms with Crippen LogP contribution in [0.2, 0.25) is 10.0 Å². The normalized spacial score (nSPS) is 17.0. The first-order chi connectivity index (χ1) is 11.9. The molecule has 0 aromatic heterocycles. The van der Waals surface area contributed by atoms with Crippen LogP contribution in [-0.4, -0.2) is 18.4 Å². The highest BCUT2D eigenvalue weighted by molar-refractivity contribution is 6.42. The molecule has 130 valence electrons. The van der Waals surface area contributed by atoms with Gasteiger partial charge in [-0.25, -0.2) is 0 Å². The molecule has 1 heterocycles. The largest absolute Gasteiger partial charge is 0.326 e. The smallest absolute Gasteiger partial charge is 0.229 e. The predicted octanol–water partition coefficient (Wildman–Crippen LogP) is 4.60. The van der Waals surface area contributed by atoms with Crippen molar-refractivity contribution in [1.82, 2.24) is 0 Å². The standard InChI is InChI=1S/C19H18Cl2N2O2/c1-11-4-3-5-17(12(11)2)23-10-13(8-18(23)24)19(25)22-14-6-7-15(20)16(21)9-14/h3-7,9,13H,8,10H2,1-2H3,(H,22,25). The van der Waals surface area contributed by atoms with Crippen molar-refractivity contribution < 1.29 is 9.59 Å². The van der Waals surface area contributed by atoms with E-state index in [1.165, 1.54) is 0 Å². The third kappa shape index (κ3) is 3.65. The van der Waals surface area contributed by atoms with Gasteiger partial charge in [0.05, 0.1) is 16.0 Å². The van der Waals surface area contributed by atoms with Crippen LogP contribution in [0.3, 0.4) is 0 Å². The number of hydrogen-bond acceptors (Lipinski definition) is 2. The van der Waals surface area contributed by atoms with Crippen molar-refractivity contribution in [2.45, 2.75) is 20.3 Å². The average Bonchev–Trinajstić information content (AvgIpc) is 2.95. The van der Waals surface area contributed by atoms with E-state index in [2.05, 4.69) is 5.32 Å². The highest BCUT2D eigenvalue weighted by Gasteiger charge is 2.35. The van der Waals surface area contributed by atoms with Crippen LogP contribution in [0.25, 0.3) is 0 Å². The lowest BCUT2D eigenvalue weighted by molar-refractivity contribution is -0.122. The Kier molecular flexibility index (Phi) is 5.02. The van der Waals surface area contributed by atoms with Crippen molar-refractivity contribution in [1.29, 1.82) is 0 Å². The fourth-order valence-corrected chi connectivity index (χ4v) is 3.26. The summed E-state index contributed by atoms with van der Waals surface area (Å²) in [5.41, 5.74) is 3.61. The molecule has 1 N–H and O–H groups in total. The zero-order chi connectivity index (χ0) is 18.1. The Labute approximate surface area is 156 Å². The molecule has 1 aliphatic heterocycles. The number of anilines is 2. The van der Waals surface area contributed by atoms with Crippen LogP contribution in [-0.2, 0) is 9.59 Å². The summed E-state index contributed by atoms with van der Waals surface area (Å²) >= 11 is 11.9. The molecule has 0 bridgehead atoms. The summed E-state index contributed by atoms with van der Waals surface area (Å²) in [6, 6.07) is 10.8. The topological polar surface area (TPSA) is 49.4 Å². The van der Waals surface area contributed by atoms with Crippen molar-refractivity contribution >= 4 is 46.4 Å². The van der Waals surface area contributed by atoms with Gasteiger partial charge in [0.2, 0.25) is 11.8 Å². The lowest BCUT2D eigenvalue weighted by Crippen LogP contribution is -2.28. The number of carbonyl (C=O) groups excluding carboxylic acids is 2. The van der Waals surface area contributed by atoms with E-state index in [-0.39, 0.29) is 18.2 Å². The van der Waals surface area contributed by atoms with Gasteiger partial charge < -0.3 is 10.2 Å². The van der Waals surface area contributed by atoms with Crippen LogP contribution in [0, 0.1) is 19.8 Å². The van der Waals surface area contributed by atoms with Gasteiger partial charge in [-0.1, -0.05) is 35.3 Å². The number of halogens is 2. The minimum absolute atomic E-state index is 0.0389. The van der Waals surface area contributed by atoms with E-state index in [1.54, 1.807) is 23.1 Å². The molecule has 1 fully saturated rings. The molecule has 3 rings (SSSR count). The van der Waals surface area contributed by atoms with Crippen LogP contribution in [0.15, 0.2) is 36.4 Å². The van der Waals surface area contributed by atoms with Crippen molar-refractivity contribution in [2.75, 3.05) is 16.8 Å². The van der Waals surface area contributed by atoms with Crippen molar-refractivity contribution in [3.63, 3.8) is 0 Å². The summed E-state index contributed by atoms with van der Waals surface area (Å²) in [6.07, 6.45) is 0.195. The Bertz CT molecular complexity index is 851. The minimum Gasteiger partial charge on any atom is -0.326 e. The van der Waals surface area contributed by atoms with Crippen LogP contribution in [0.5, 0.6) is 0 Å². The molecular formula is C19H18Cl2N2O2. The lowest BCUT2D eigenvalue weighted by Gasteiger charge is -2.20. The molecule has 25 heavy (non-hydrogen) atoms. The number of nitrogens with one attached hydrogen (secondary N) is 1. The summed E-state index contributed by atoms with van der Waals surface area (Å²) in [4.78, 5) is 26.6. The highest BCUT2D eigenvalue weighted by Crippen LogP contribution is 2.30. The van der Waals surface area contributed by atoms with E-state index < -0.39 is 5.92 Å². The van der Waals surface area contributed by atoms with E-state index in [0.717, 1.165) is 16.8 Å². The molecular weight excluding hydrogens is 359 g/mol. The Balaban J connectivity index is 1.74. The van der Waals surface area contributed by atoms with Crippen molar-refractivity contribution in [2.24, 2.45) is 5.92 Å². The van der Waals surface area contributed by atoms with E-state index in [4.69, 9.17) is 23.2 Å². The number of hydrogen-bond donors (Lipinski definition) is 1. The van der Waals surface area contributed by atoms with Gasteiger partial charge >= 0.3 is 0 Å². The third-order valence-electron chi connectivity index (χ3n) is 4.55. The Morgan fingerprint density at radius 1 is 1.16 bits per heavy atom. The van der Waals surface area contributed by atoms with Gasteiger partial charge in [0, 0.05) is 24.3 Å². The van der Waals surface area contributed by atoms with Gasteiger partial charge in [0.1, 0.15) is 0 Å². The number of benzene rings is 2. The van der Waals surface area contributed by atoms with E-state index in [1.807, 2.05) is 32.0 Å². The second-order valence-corrected chi connectivity index (χ2v) is 7.06. The first-order valence-corrected chi connectivity index (χ1v) is 8.75. The average molecular weight is 377 g/mol. The van der Waals surface area contributed by atoms with Crippen LogP contribution in [0.1, 0.15) is 17.5 Å². The number of aryl methyl sites for hydroxylation is 1. The molecule has 4 nitrogen and oxygen atoms in total. The fraction of sp³-hybridized carbons (Fsp3) is 0.263. The van der Waals surface area contributed by atoms with Gasteiger partial charge in [-0.05, 0) is 49.2 Å². The van der Waals surface area contributed by atoms with Gasteiger partial charge in [-0.3, -0.25) is 9.59 Å². The molecule has 0 radical (unpaired) electrons. The maximum Gasteiger partial charge on any atom is 0.229 e. The summed E-state index contributed by atoms with van der Waals surface area (Å²) in [5, 5.41) is 3.61. The Morgan fingerprint density at radius 3 is 2.64 bits per heavy atom. The maximum atomic E-state index is 12.5. The maximum absolute atomic E-state index is 12.5. The zero-order valence-electron chi connectivity index (χ0n) is 14.0. The van der Waals surface area contributed by atoms with Gasteiger partial charge in [-0.2, -0.15) is 0 Å². The molecule has 0 spiro atoms. The summed E-state index contributed by atoms with van der Waals surface area (Å²) < 4.78 is 0. The van der Waals surface area contributed by atoms with Crippen LogP contribution >= 0.6 is 23.2 Å². The van der Waals surface area contributed by atoms with Gasteiger partial charge in [-0.15, -0.1) is 0 Å². The summed E-state index contributed by atoms with van der Waals surface area (Å²) in [5.74, 6) is -0.635. The second kappa shape index (κ2) is 7.06. The Morgan fingerprint density at radius 2 is 1.92 bits per heavy atom. The minimum atomic E-state index is -0.401. The predicted molar refractivity (Wildman–Crippen MR) is 101 cm³/mol. The van der Waals surface area contributed by atoms with Gasteiger partial charge in [0.15, 0.2) is 0 Å². The third-order valence-corrected chi connectivity index (χ3v) is 5.29.